The molecule has 2 aromatic carbocycles. The summed E-state index contributed by atoms with van der Waals surface area (Å²) in [5.41, 5.74) is 7.07. The molecule has 2 aliphatic rings. The minimum Gasteiger partial charge on any atom is -0.398 e. The zero-order valence-corrected chi connectivity index (χ0v) is 21.7. The molecule has 3 aromatic rings. The molecule has 0 saturated carbocycles. The van der Waals surface area contributed by atoms with Crippen LogP contribution < -0.4 is 11.5 Å². The number of nitrogen functional groups attached to an aromatic ring is 1. The van der Waals surface area contributed by atoms with E-state index in [1.54, 1.807) is 0 Å². The molecule has 0 radical (unpaired) electrons. The molecule has 1 aromatic heterocycles. The maximum Gasteiger partial charge on any atom is 0.436 e. The van der Waals surface area contributed by atoms with Gasteiger partial charge in [0.05, 0.1) is 5.41 Å². The highest BCUT2D eigenvalue weighted by atomic mass is 32.2. The van der Waals surface area contributed by atoms with Gasteiger partial charge in [-0.3, -0.25) is 0 Å². The number of hydrogen-bond acceptors (Lipinski definition) is 7. The summed E-state index contributed by atoms with van der Waals surface area (Å²) in [5, 5.41) is 3.56. The van der Waals surface area contributed by atoms with E-state index in [-0.39, 0.29) is 29.7 Å². The van der Waals surface area contributed by atoms with E-state index in [1.165, 1.54) is 23.5 Å². The molecule has 9 nitrogen and oxygen atoms in total. The standard InChI is InChI=1S/C26H31FN4O5S/c1-17-8-9-23(18-6-4-3-5-7-18)37(33,34)31(17)16-19-14-21(27)20(15-22(19)28)26(10-12-35-13-11-26)24-29-30(2)25(32)36-24/h3-7,14-15,17,23H,8-13,16,28H2,1-2H3/t17-,23+/m0/s1. The van der Waals surface area contributed by atoms with Crippen molar-refractivity contribution in [2.45, 2.75) is 55.9 Å². The van der Waals surface area contributed by atoms with Crippen molar-refractivity contribution in [2.24, 2.45) is 7.05 Å². The van der Waals surface area contributed by atoms with Crippen molar-refractivity contribution in [3.63, 3.8) is 0 Å². The Kier molecular flexibility index (Phi) is 6.71. The summed E-state index contributed by atoms with van der Waals surface area (Å²) >= 11 is 0. The third-order valence-corrected chi connectivity index (χ3v) is 10.1. The second kappa shape index (κ2) is 9.70. The van der Waals surface area contributed by atoms with Crippen molar-refractivity contribution in [3.05, 3.63) is 81.4 Å². The van der Waals surface area contributed by atoms with Crippen LogP contribution >= 0.6 is 0 Å². The Balaban J connectivity index is 1.51. The molecule has 2 fully saturated rings. The number of ether oxygens (including phenoxy) is 1. The molecule has 198 valence electrons. The van der Waals surface area contributed by atoms with Crippen molar-refractivity contribution in [2.75, 3.05) is 18.9 Å². The molecule has 11 heteroatoms. The van der Waals surface area contributed by atoms with Crippen LogP contribution in [-0.4, -0.2) is 41.8 Å². The number of halogens is 1. The number of rotatable bonds is 5. The summed E-state index contributed by atoms with van der Waals surface area (Å²) in [5.74, 6) is -1.07. The minimum absolute atomic E-state index is 0.0371. The van der Waals surface area contributed by atoms with Gasteiger partial charge in [-0.1, -0.05) is 30.3 Å². The van der Waals surface area contributed by atoms with Gasteiger partial charge < -0.3 is 14.9 Å². The molecule has 37 heavy (non-hydrogen) atoms. The van der Waals surface area contributed by atoms with Crippen LogP contribution in [0.4, 0.5) is 10.1 Å². The number of hydrogen-bond donors (Lipinski definition) is 1. The zero-order valence-electron chi connectivity index (χ0n) is 20.9. The lowest BCUT2D eigenvalue weighted by molar-refractivity contribution is 0.0528. The highest BCUT2D eigenvalue weighted by Gasteiger charge is 2.44. The fourth-order valence-corrected chi connectivity index (χ4v) is 7.70. The van der Waals surface area contributed by atoms with Gasteiger partial charge in [0.25, 0.3) is 0 Å². The third kappa shape index (κ3) is 4.49. The number of aromatic nitrogens is 2. The topological polar surface area (TPSA) is 121 Å². The van der Waals surface area contributed by atoms with Gasteiger partial charge in [0.2, 0.25) is 15.9 Å². The number of benzene rings is 2. The molecule has 2 atom stereocenters. The van der Waals surface area contributed by atoms with Crippen LogP contribution in [0.5, 0.6) is 0 Å². The summed E-state index contributed by atoms with van der Waals surface area (Å²) in [4.78, 5) is 12.0. The van der Waals surface area contributed by atoms with Crippen LogP contribution in [0.3, 0.4) is 0 Å². The first-order valence-electron chi connectivity index (χ1n) is 12.4. The Hall–Kier alpha value is -3.02. The third-order valence-electron chi connectivity index (χ3n) is 7.71. The lowest BCUT2D eigenvalue weighted by Crippen LogP contribution is -2.44. The number of nitrogens with zero attached hydrogens (tertiary/aromatic N) is 3. The molecule has 0 unspecified atom stereocenters. The average Bonchev–Trinajstić information content (AvgIpc) is 3.22. The first kappa shape index (κ1) is 25.6. The lowest BCUT2D eigenvalue weighted by atomic mass is 9.73. The van der Waals surface area contributed by atoms with Crippen LogP contribution in [0.2, 0.25) is 0 Å². The van der Waals surface area contributed by atoms with Crippen LogP contribution in [0, 0.1) is 5.82 Å². The molecule has 5 rings (SSSR count). The predicted molar refractivity (Wildman–Crippen MR) is 136 cm³/mol. The molecule has 0 aliphatic carbocycles. The number of anilines is 1. The summed E-state index contributed by atoms with van der Waals surface area (Å²) in [6.07, 6.45) is 1.92. The van der Waals surface area contributed by atoms with E-state index in [2.05, 4.69) is 5.10 Å². The van der Waals surface area contributed by atoms with Gasteiger partial charge in [-0.2, -0.15) is 8.99 Å². The second-order valence-corrected chi connectivity index (χ2v) is 12.0. The van der Waals surface area contributed by atoms with Gasteiger partial charge in [0.1, 0.15) is 11.1 Å². The van der Waals surface area contributed by atoms with Crippen molar-refractivity contribution in [3.8, 4) is 0 Å². The molecule has 3 heterocycles. The van der Waals surface area contributed by atoms with E-state index in [0.717, 1.165) is 10.2 Å². The SMILES string of the molecule is C[C@H]1CC[C@H](c2ccccc2)S(=O)(=O)N1Cc1cc(F)c(C2(c3nn(C)c(=O)o3)CCOCC2)cc1N. The maximum atomic E-state index is 15.8. The number of sulfonamides is 1. The zero-order chi connectivity index (χ0) is 26.4. The lowest BCUT2D eigenvalue weighted by Gasteiger charge is -2.38. The quantitative estimate of drug-likeness (QED) is 0.503. The molecular formula is C26H31FN4O5S. The minimum atomic E-state index is -3.71. The van der Waals surface area contributed by atoms with E-state index in [0.29, 0.717) is 44.5 Å². The summed E-state index contributed by atoms with van der Waals surface area (Å²) in [7, 11) is -2.23. The molecule has 0 amide bonds. The Morgan fingerprint density at radius 1 is 1.16 bits per heavy atom. The van der Waals surface area contributed by atoms with E-state index >= 15 is 4.39 Å². The summed E-state index contributed by atoms with van der Waals surface area (Å²) < 4.78 is 56.5. The van der Waals surface area contributed by atoms with Crippen molar-refractivity contribution < 1.29 is 22.0 Å². The fourth-order valence-electron chi connectivity index (χ4n) is 5.51. The molecule has 0 spiro atoms. The van der Waals surface area contributed by atoms with Crippen LogP contribution in [0.15, 0.2) is 51.7 Å². The summed E-state index contributed by atoms with van der Waals surface area (Å²) in [6.45, 7) is 2.50. The van der Waals surface area contributed by atoms with Crippen LogP contribution in [0.1, 0.15) is 60.4 Å². The second-order valence-electron chi connectivity index (χ2n) is 9.94. The number of nitrogens with two attached hydrogens (primary N) is 1. The Morgan fingerprint density at radius 2 is 1.86 bits per heavy atom. The first-order valence-corrected chi connectivity index (χ1v) is 13.9. The normalized spacial score (nSPS) is 23.6. The number of aryl methyl sites for hydroxylation is 1. The van der Waals surface area contributed by atoms with E-state index in [9.17, 15) is 13.2 Å². The van der Waals surface area contributed by atoms with Crippen LogP contribution in [-0.2, 0) is 33.8 Å². The predicted octanol–water partition coefficient (Wildman–Crippen LogP) is 3.25. The van der Waals surface area contributed by atoms with Crippen LogP contribution in [0.25, 0.3) is 0 Å². The smallest absolute Gasteiger partial charge is 0.398 e. The molecule has 2 N–H and O–H groups in total. The monoisotopic (exact) mass is 530 g/mol. The Morgan fingerprint density at radius 3 is 2.51 bits per heavy atom. The average molecular weight is 531 g/mol. The van der Waals surface area contributed by atoms with Gasteiger partial charge in [-0.05, 0) is 55.9 Å². The van der Waals surface area contributed by atoms with Crippen molar-refractivity contribution in [1.29, 1.82) is 0 Å². The van der Waals surface area contributed by atoms with Gasteiger partial charge in [-0.25, -0.2) is 17.6 Å². The molecule has 2 aliphatic heterocycles. The van der Waals surface area contributed by atoms with E-state index in [4.69, 9.17) is 14.9 Å². The molecule has 0 bridgehead atoms. The van der Waals surface area contributed by atoms with Gasteiger partial charge >= 0.3 is 5.76 Å². The molecular weight excluding hydrogens is 499 g/mol. The fraction of sp³-hybridized carbons (Fsp3) is 0.462. The largest absolute Gasteiger partial charge is 0.436 e. The Bertz CT molecular complexity index is 1450. The van der Waals surface area contributed by atoms with Crippen molar-refractivity contribution in [1.82, 2.24) is 14.1 Å². The van der Waals surface area contributed by atoms with Gasteiger partial charge in [-0.15, -0.1) is 5.10 Å². The molecule has 2 saturated heterocycles. The summed E-state index contributed by atoms with van der Waals surface area (Å²) in [6, 6.07) is 11.7. The maximum absolute atomic E-state index is 15.8. The van der Waals surface area contributed by atoms with E-state index in [1.807, 2.05) is 37.3 Å². The van der Waals surface area contributed by atoms with Crippen molar-refractivity contribution >= 4 is 15.7 Å². The van der Waals surface area contributed by atoms with Gasteiger partial charge in [0, 0.05) is 44.1 Å². The van der Waals surface area contributed by atoms with E-state index < -0.39 is 32.3 Å². The highest BCUT2D eigenvalue weighted by Crippen LogP contribution is 2.43. The van der Waals surface area contributed by atoms with Gasteiger partial charge in [0.15, 0.2) is 0 Å². The highest BCUT2D eigenvalue weighted by molar-refractivity contribution is 7.89. The first-order chi connectivity index (χ1) is 17.6. The Labute approximate surface area is 215 Å².